The summed E-state index contributed by atoms with van der Waals surface area (Å²) >= 11 is 5.98. The fourth-order valence-electron chi connectivity index (χ4n) is 2.17. The van der Waals surface area contributed by atoms with E-state index in [1.54, 1.807) is 18.2 Å². The second-order valence-corrected chi connectivity index (χ2v) is 5.59. The molecule has 0 radical (unpaired) electrons. The average molecular weight is 350 g/mol. The number of rotatable bonds is 5. The van der Waals surface area contributed by atoms with Crippen molar-refractivity contribution in [2.45, 2.75) is 0 Å². The van der Waals surface area contributed by atoms with E-state index in [1.165, 1.54) is 25.3 Å². The van der Waals surface area contributed by atoms with Gasteiger partial charge in [-0.1, -0.05) is 11.6 Å². The van der Waals surface area contributed by atoms with E-state index >= 15 is 0 Å². The first-order chi connectivity index (χ1) is 11.3. The average Bonchev–Trinajstić information content (AvgIpc) is 2.53. The lowest BCUT2D eigenvalue weighted by Crippen LogP contribution is -2.17. The van der Waals surface area contributed by atoms with Gasteiger partial charge in [-0.3, -0.25) is 14.9 Å². The summed E-state index contributed by atoms with van der Waals surface area (Å²) in [7, 11) is 4.99. The molecule has 2 aromatic carbocycles. The van der Waals surface area contributed by atoms with Gasteiger partial charge in [-0.15, -0.1) is 0 Å². The lowest BCUT2D eigenvalue weighted by Gasteiger charge is -2.18. The standard InChI is InChI=1S/C16H16ClN3O4/c1-19(2)13-6-5-11(17)9-12(13)18-16(21)10-4-7-15(24-3)14(8-10)20(22)23/h4-9H,1-3H3,(H,18,21). The molecule has 0 aliphatic rings. The summed E-state index contributed by atoms with van der Waals surface area (Å²) in [5, 5.41) is 14.3. The van der Waals surface area contributed by atoms with Crippen LogP contribution in [0.15, 0.2) is 36.4 Å². The van der Waals surface area contributed by atoms with Crippen LogP contribution in [0.3, 0.4) is 0 Å². The first kappa shape index (κ1) is 17.6. The quantitative estimate of drug-likeness (QED) is 0.658. The van der Waals surface area contributed by atoms with Crippen LogP contribution in [-0.2, 0) is 0 Å². The van der Waals surface area contributed by atoms with Gasteiger partial charge in [-0.05, 0) is 30.3 Å². The largest absolute Gasteiger partial charge is 0.490 e. The Morgan fingerprint density at radius 1 is 1.25 bits per heavy atom. The van der Waals surface area contributed by atoms with Crippen LogP contribution >= 0.6 is 11.6 Å². The van der Waals surface area contributed by atoms with Crippen molar-refractivity contribution in [3.8, 4) is 5.75 Å². The minimum atomic E-state index is -0.597. The number of nitrogens with one attached hydrogen (secondary N) is 1. The summed E-state index contributed by atoms with van der Waals surface area (Å²) in [5.74, 6) is -0.389. The van der Waals surface area contributed by atoms with Gasteiger partial charge in [0.2, 0.25) is 0 Å². The van der Waals surface area contributed by atoms with E-state index in [0.717, 1.165) is 5.69 Å². The lowest BCUT2D eigenvalue weighted by atomic mass is 10.1. The predicted octanol–water partition coefficient (Wildman–Crippen LogP) is 3.58. The van der Waals surface area contributed by atoms with Crippen molar-refractivity contribution in [1.82, 2.24) is 0 Å². The highest BCUT2D eigenvalue weighted by Gasteiger charge is 2.19. The molecule has 0 atom stereocenters. The van der Waals surface area contributed by atoms with E-state index in [-0.39, 0.29) is 17.0 Å². The monoisotopic (exact) mass is 349 g/mol. The highest BCUT2D eigenvalue weighted by atomic mass is 35.5. The molecule has 2 rings (SSSR count). The number of amides is 1. The van der Waals surface area contributed by atoms with Gasteiger partial charge in [0.1, 0.15) is 0 Å². The molecule has 0 bridgehead atoms. The third kappa shape index (κ3) is 3.75. The Bertz CT molecular complexity index is 793. The number of nitro groups is 1. The molecule has 1 amide bonds. The second kappa shape index (κ2) is 7.18. The second-order valence-electron chi connectivity index (χ2n) is 5.15. The van der Waals surface area contributed by atoms with Crippen LogP contribution in [-0.4, -0.2) is 32.0 Å². The molecular weight excluding hydrogens is 334 g/mol. The molecule has 0 aliphatic carbocycles. The van der Waals surface area contributed by atoms with Gasteiger partial charge in [-0.25, -0.2) is 0 Å². The van der Waals surface area contributed by atoms with Crippen LogP contribution in [0.4, 0.5) is 17.1 Å². The van der Waals surface area contributed by atoms with Crippen LogP contribution in [0.5, 0.6) is 5.75 Å². The molecule has 0 saturated heterocycles. The lowest BCUT2D eigenvalue weighted by molar-refractivity contribution is -0.385. The van der Waals surface area contributed by atoms with Crippen molar-refractivity contribution in [1.29, 1.82) is 0 Å². The maximum Gasteiger partial charge on any atom is 0.311 e. The van der Waals surface area contributed by atoms with E-state index in [4.69, 9.17) is 16.3 Å². The first-order valence-electron chi connectivity index (χ1n) is 6.94. The molecule has 0 aliphatic heterocycles. The number of hydrogen-bond acceptors (Lipinski definition) is 5. The van der Waals surface area contributed by atoms with E-state index in [9.17, 15) is 14.9 Å². The summed E-state index contributed by atoms with van der Waals surface area (Å²) < 4.78 is 4.93. The molecule has 0 spiro atoms. The van der Waals surface area contributed by atoms with Gasteiger partial charge < -0.3 is 15.0 Å². The van der Waals surface area contributed by atoms with Crippen molar-refractivity contribution in [3.05, 3.63) is 57.1 Å². The molecule has 0 fully saturated rings. The zero-order valence-electron chi connectivity index (χ0n) is 13.4. The summed E-state index contributed by atoms with van der Waals surface area (Å²) in [6, 6.07) is 9.12. The fraction of sp³-hybridized carbons (Fsp3) is 0.188. The van der Waals surface area contributed by atoms with Gasteiger partial charge >= 0.3 is 5.69 Å². The number of carbonyl (C=O) groups excluding carboxylic acids is 1. The van der Waals surface area contributed by atoms with E-state index < -0.39 is 10.8 Å². The topological polar surface area (TPSA) is 84.7 Å². The zero-order valence-corrected chi connectivity index (χ0v) is 14.1. The van der Waals surface area contributed by atoms with Gasteiger partial charge in [-0.2, -0.15) is 0 Å². The van der Waals surface area contributed by atoms with Crippen molar-refractivity contribution >= 4 is 34.6 Å². The highest BCUT2D eigenvalue weighted by Crippen LogP contribution is 2.30. The molecule has 7 nitrogen and oxygen atoms in total. The van der Waals surface area contributed by atoms with E-state index in [2.05, 4.69) is 5.32 Å². The van der Waals surface area contributed by atoms with Crippen LogP contribution in [0.1, 0.15) is 10.4 Å². The van der Waals surface area contributed by atoms with Crippen molar-refractivity contribution in [3.63, 3.8) is 0 Å². The van der Waals surface area contributed by atoms with Crippen LogP contribution in [0.25, 0.3) is 0 Å². The smallest absolute Gasteiger partial charge is 0.311 e. The van der Waals surface area contributed by atoms with E-state index in [1.807, 2.05) is 19.0 Å². The molecule has 126 valence electrons. The normalized spacial score (nSPS) is 10.2. The number of halogens is 1. The Hall–Kier alpha value is -2.80. The third-order valence-electron chi connectivity index (χ3n) is 3.33. The maximum absolute atomic E-state index is 12.4. The fourth-order valence-corrected chi connectivity index (χ4v) is 2.34. The predicted molar refractivity (Wildman–Crippen MR) is 93.4 cm³/mol. The van der Waals surface area contributed by atoms with Crippen LogP contribution < -0.4 is 15.0 Å². The van der Waals surface area contributed by atoms with E-state index in [0.29, 0.717) is 10.7 Å². The third-order valence-corrected chi connectivity index (χ3v) is 3.56. The molecular formula is C16H16ClN3O4. The number of anilines is 2. The molecule has 8 heteroatoms. The van der Waals surface area contributed by atoms with Crippen LogP contribution in [0.2, 0.25) is 5.02 Å². The summed E-state index contributed by atoms with van der Waals surface area (Å²) in [6.07, 6.45) is 0. The number of hydrogen-bond donors (Lipinski definition) is 1. The summed E-state index contributed by atoms with van der Waals surface area (Å²) in [5.41, 5.74) is 1.14. The molecule has 0 unspecified atom stereocenters. The number of methoxy groups -OCH3 is 1. The van der Waals surface area contributed by atoms with Crippen LogP contribution in [0, 0.1) is 10.1 Å². The molecule has 0 saturated carbocycles. The van der Waals surface area contributed by atoms with Gasteiger partial charge in [0.05, 0.1) is 23.4 Å². The first-order valence-corrected chi connectivity index (χ1v) is 7.32. The Morgan fingerprint density at radius 3 is 2.54 bits per heavy atom. The van der Waals surface area contributed by atoms with Gasteiger partial charge in [0.15, 0.2) is 5.75 Å². The molecule has 24 heavy (non-hydrogen) atoms. The number of ether oxygens (including phenoxy) is 1. The molecule has 0 heterocycles. The summed E-state index contributed by atoms with van der Waals surface area (Å²) in [4.78, 5) is 24.7. The number of nitro benzene ring substituents is 1. The van der Waals surface area contributed by atoms with Gasteiger partial charge in [0.25, 0.3) is 5.91 Å². The Kier molecular flexibility index (Phi) is 5.25. The molecule has 1 N–H and O–H groups in total. The SMILES string of the molecule is COc1ccc(C(=O)Nc2cc(Cl)ccc2N(C)C)cc1[N+](=O)[O-]. The molecule has 2 aromatic rings. The van der Waals surface area contributed by atoms with Gasteiger partial charge in [0, 0.05) is 30.7 Å². The Labute approximate surface area is 143 Å². The highest BCUT2D eigenvalue weighted by molar-refractivity contribution is 6.31. The zero-order chi connectivity index (χ0) is 17.9. The minimum absolute atomic E-state index is 0.0910. The Morgan fingerprint density at radius 2 is 1.96 bits per heavy atom. The number of nitrogens with zero attached hydrogens (tertiary/aromatic N) is 2. The van der Waals surface area contributed by atoms with Crippen molar-refractivity contribution in [2.24, 2.45) is 0 Å². The number of carbonyl (C=O) groups is 1. The van der Waals surface area contributed by atoms with Crippen molar-refractivity contribution in [2.75, 3.05) is 31.4 Å². The maximum atomic E-state index is 12.4. The minimum Gasteiger partial charge on any atom is -0.490 e. The number of benzene rings is 2. The summed E-state index contributed by atoms with van der Waals surface area (Å²) in [6.45, 7) is 0. The van der Waals surface area contributed by atoms with Crippen molar-refractivity contribution < 1.29 is 14.5 Å². The Balaban J connectivity index is 2.36. The molecule has 0 aromatic heterocycles.